The Balaban J connectivity index is 3.73. The van der Waals surface area contributed by atoms with Crippen LogP contribution >= 0.6 is 0 Å². The molecule has 0 aliphatic carbocycles. The van der Waals surface area contributed by atoms with Crippen LogP contribution in [0.15, 0.2) is 12.2 Å². The van der Waals surface area contributed by atoms with Crippen molar-refractivity contribution < 1.29 is 20.4 Å². The fraction of sp³-hybridized carbons (Fsp3) is 0.882. The second kappa shape index (κ2) is 15.4. The zero-order valence-electron chi connectivity index (χ0n) is 14.0. The van der Waals surface area contributed by atoms with Gasteiger partial charge < -0.3 is 20.4 Å². The largest absolute Gasteiger partial charge is 0.394 e. The highest BCUT2D eigenvalue weighted by molar-refractivity contribution is 4.76. The molecule has 0 radical (unpaired) electrons. The highest BCUT2D eigenvalue weighted by Gasteiger charge is 2.14. The van der Waals surface area contributed by atoms with E-state index in [0.29, 0.717) is 13.1 Å². The zero-order valence-corrected chi connectivity index (χ0v) is 14.0. The summed E-state index contributed by atoms with van der Waals surface area (Å²) in [6.07, 6.45) is 11.0. The predicted molar refractivity (Wildman–Crippen MR) is 89.8 cm³/mol. The Morgan fingerprint density at radius 2 is 1.32 bits per heavy atom. The van der Waals surface area contributed by atoms with Crippen molar-refractivity contribution in [3.8, 4) is 0 Å². The van der Waals surface area contributed by atoms with Crippen LogP contribution in [-0.4, -0.2) is 70.4 Å². The van der Waals surface area contributed by atoms with E-state index < -0.39 is 12.2 Å². The lowest BCUT2D eigenvalue weighted by molar-refractivity contribution is 0.0228. The number of unbranched alkanes of at least 4 members (excludes halogenated alkanes) is 6. The molecule has 0 rings (SSSR count). The summed E-state index contributed by atoms with van der Waals surface area (Å²) >= 11 is 0. The quantitative estimate of drug-likeness (QED) is 0.270. The fourth-order valence-corrected chi connectivity index (χ4v) is 2.44. The van der Waals surface area contributed by atoms with Gasteiger partial charge in [0, 0.05) is 13.1 Å². The van der Waals surface area contributed by atoms with Crippen LogP contribution in [0.3, 0.4) is 0 Å². The molecule has 132 valence electrons. The maximum Gasteiger partial charge on any atom is 0.0897 e. The average molecular weight is 317 g/mol. The standard InChI is InChI=1S/C17H35NO4/c1-2-3-4-5-6-7-8-9-10-11-18(12-16(21)14-19)13-17(22)15-20/h2-3,16-17,19-22H,4-15H2,1H3/b3-2+. The number of hydrogen-bond acceptors (Lipinski definition) is 5. The van der Waals surface area contributed by atoms with Crippen LogP contribution in [0.25, 0.3) is 0 Å². The third-order valence-electron chi connectivity index (χ3n) is 3.69. The van der Waals surface area contributed by atoms with E-state index in [-0.39, 0.29) is 13.2 Å². The highest BCUT2D eigenvalue weighted by Crippen LogP contribution is 2.09. The molecule has 0 aromatic carbocycles. The van der Waals surface area contributed by atoms with Crippen LogP contribution in [0.1, 0.15) is 51.9 Å². The molecule has 0 fully saturated rings. The van der Waals surface area contributed by atoms with Gasteiger partial charge in [-0.05, 0) is 32.7 Å². The Labute approximate surface area is 135 Å². The van der Waals surface area contributed by atoms with Gasteiger partial charge in [-0.3, -0.25) is 4.90 Å². The van der Waals surface area contributed by atoms with Gasteiger partial charge in [-0.15, -0.1) is 0 Å². The fourth-order valence-electron chi connectivity index (χ4n) is 2.44. The van der Waals surface area contributed by atoms with Crippen molar-refractivity contribution in [3.63, 3.8) is 0 Å². The first-order valence-corrected chi connectivity index (χ1v) is 8.55. The van der Waals surface area contributed by atoms with Crippen molar-refractivity contribution in [2.45, 2.75) is 64.1 Å². The van der Waals surface area contributed by atoms with Crippen LogP contribution in [0, 0.1) is 0 Å². The summed E-state index contributed by atoms with van der Waals surface area (Å²) in [6.45, 7) is 2.92. The molecule has 0 aliphatic heterocycles. The molecular weight excluding hydrogens is 282 g/mol. The SMILES string of the molecule is C/C=C/CCCCCCCCN(CC(O)CO)CC(O)CO. The summed E-state index contributed by atoms with van der Waals surface area (Å²) < 4.78 is 0. The van der Waals surface area contributed by atoms with Crippen LogP contribution in [0.4, 0.5) is 0 Å². The number of aliphatic hydroxyl groups excluding tert-OH is 4. The van der Waals surface area contributed by atoms with Crippen LogP contribution in [-0.2, 0) is 0 Å². The smallest absolute Gasteiger partial charge is 0.0897 e. The third-order valence-corrected chi connectivity index (χ3v) is 3.69. The minimum atomic E-state index is -0.794. The second-order valence-electron chi connectivity index (χ2n) is 5.91. The van der Waals surface area contributed by atoms with E-state index in [9.17, 15) is 10.2 Å². The van der Waals surface area contributed by atoms with Gasteiger partial charge in [-0.2, -0.15) is 0 Å². The lowest BCUT2D eigenvalue weighted by Gasteiger charge is -2.26. The van der Waals surface area contributed by atoms with Gasteiger partial charge in [0.25, 0.3) is 0 Å². The van der Waals surface area contributed by atoms with Crippen LogP contribution in [0.2, 0.25) is 0 Å². The van der Waals surface area contributed by atoms with Crippen LogP contribution < -0.4 is 0 Å². The molecular formula is C17H35NO4. The zero-order chi connectivity index (χ0) is 16.6. The maximum atomic E-state index is 9.52. The molecule has 0 amide bonds. The minimum Gasteiger partial charge on any atom is -0.394 e. The molecule has 0 spiro atoms. The normalized spacial score (nSPS) is 14.8. The van der Waals surface area contributed by atoms with Crippen molar-refractivity contribution in [2.24, 2.45) is 0 Å². The average Bonchev–Trinajstić information content (AvgIpc) is 2.52. The maximum absolute atomic E-state index is 9.52. The lowest BCUT2D eigenvalue weighted by Crippen LogP contribution is -2.40. The Kier molecular flexibility index (Phi) is 15.1. The van der Waals surface area contributed by atoms with E-state index >= 15 is 0 Å². The molecule has 5 heteroatoms. The number of hydrogen-bond donors (Lipinski definition) is 4. The van der Waals surface area contributed by atoms with Gasteiger partial charge in [-0.25, -0.2) is 0 Å². The number of rotatable bonds is 15. The molecule has 2 atom stereocenters. The second-order valence-corrected chi connectivity index (χ2v) is 5.91. The molecule has 2 unspecified atom stereocenters. The predicted octanol–water partition coefficient (Wildman–Crippen LogP) is 1.30. The summed E-state index contributed by atoms with van der Waals surface area (Å²) in [5, 5.41) is 36.9. The third kappa shape index (κ3) is 13.2. The first-order chi connectivity index (χ1) is 10.6. The Hall–Kier alpha value is -0.460. The molecule has 0 aromatic heterocycles. The van der Waals surface area contributed by atoms with E-state index in [1.807, 2.05) is 11.8 Å². The molecule has 0 aliphatic rings. The van der Waals surface area contributed by atoms with E-state index in [0.717, 1.165) is 19.4 Å². The van der Waals surface area contributed by atoms with Gasteiger partial charge in [0.05, 0.1) is 25.4 Å². The topological polar surface area (TPSA) is 84.2 Å². The summed E-state index contributed by atoms with van der Waals surface area (Å²) in [5.74, 6) is 0. The van der Waals surface area contributed by atoms with E-state index in [4.69, 9.17) is 10.2 Å². The monoisotopic (exact) mass is 317 g/mol. The van der Waals surface area contributed by atoms with Crippen molar-refractivity contribution in [1.29, 1.82) is 0 Å². The summed E-state index contributed by atoms with van der Waals surface area (Å²) in [6, 6.07) is 0. The summed E-state index contributed by atoms with van der Waals surface area (Å²) in [4.78, 5) is 1.91. The highest BCUT2D eigenvalue weighted by atomic mass is 16.3. The van der Waals surface area contributed by atoms with Crippen molar-refractivity contribution in [1.82, 2.24) is 4.90 Å². The molecule has 5 nitrogen and oxygen atoms in total. The molecule has 0 bridgehead atoms. The van der Waals surface area contributed by atoms with E-state index in [2.05, 4.69) is 12.2 Å². The summed E-state index contributed by atoms with van der Waals surface area (Å²) in [5.41, 5.74) is 0. The van der Waals surface area contributed by atoms with Crippen molar-refractivity contribution in [2.75, 3.05) is 32.8 Å². The number of allylic oxidation sites excluding steroid dienone is 2. The van der Waals surface area contributed by atoms with Gasteiger partial charge in [0.2, 0.25) is 0 Å². The Bertz CT molecular complexity index is 249. The van der Waals surface area contributed by atoms with Gasteiger partial charge in [-0.1, -0.05) is 37.8 Å². The number of aliphatic hydroxyl groups is 4. The minimum absolute atomic E-state index is 0.280. The van der Waals surface area contributed by atoms with Crippen LogP contribution in [0.5, 0.6) is 0 Å². The van der Waals surface area contributed by atoms with Gasteiger partial charge in [0.1, 0.15) is 0 Å². The Morgan fingerprint density at radius 3 is 1.82 bits per heavy atom. The van der Waals surface area contributed by atoms with E-state index in [1.165, 1.54) is 32.1 Å². The van der Waals surface area contributed by atoms with E-state index in [1.54, 1.807) is 0 Å². The lowest BCUT2D eigenvalue weighted by atomic mass is 10.1. The molecule has 0 aromatic rings. The van der Waals surface area contributed by atoms with Gasteiger partial charge >= 0.3 is 0 Å². The Morgan fingerprint density at radius 1 is 0.818 bits per heavy atom. The molecule has 22 heavy (non-hydrogen) atoms. The first kappa shape index (κ1) is 21.5. The van der Waals surface area contributed by atoms with Crippen molar-refractivity contribution in [3.05, 3.63) is 12.2 Å². The molecule has 0 heterocycles. The van der Waals surface area contributed by atoms with Crippen molar-refractivity contribution >= 4 is 0 Å². The molecule has 0 saturated carbocycles. The molecule has 0 saturated heterocycles. The number of nitrogens with zero attached hydrogens (tertiary/aromatic N) is 1. The summed E-state index contributed by atoms with van der Waals surface area (Å²) in [7, 11) is 0. The first-order valence-electron chi connectivity index (χ1n) is 8.55. The van der Waals surface area contributed by atoms with Gasteiger partial charge in [0.15, 0.2) is 0 Å². The molecule has 4 N–H and O–H groups in total.